The molecular formula is C12H21NO4. The van der Waals surface area contributed by atoms with Gasteiger partial charge in [-0.05, 0) is 12.8 Å². The lowest BCUT2D eigenvalue weighted by molar-refractivity contribution is -0.145. The van der Waals surface area contributed by atoms with Gasteiger partial charge in [-0.3, -0.25) is 9.59 Å². The summed E-state index contributed by atoms with van der Waals surface area (Å²) in [5, 5.41) is 8.63. The van der Waals surface area contributed by atoms with Gasteiger partial charge >= 0.3 is 5.97 Å². The van der Waals surface area contributed by atoms with E-state index in [1.54, 1.807) is 4.90 Å². The van der Waals surface area contributed by atoms with Crippen LogP contribution in [0.4, 0.5) is 0 Å². The topological polar surface area (TPSA) is 66.8 Å². The molecule has 0 aliphatic carbocycles. The SMILES string of the molecule is COC(=O)C1CC(=O)N(CCCCCCO)C1. The largest absolute Gasteiger partial charge is 0.469 e. The van der Waals surface area contributed by atoms with Gasteiger partial charge in [0.15, 0.2) is 0 Å². The third-order valence-corrected chi connectivity index (χ3v) is 3.09. The third-order valence-electron chi connectivity index (χ3n) is 3.09. The zero-order valence-electron chi connectivity index (χ0n) is 10.4. The third kappa shape index (κ3) is 4.34. The van der Waals surface area contributed by atoms with Crippen LogP contribution in [-0.2, 0) is 14.3 Å². The van der Waals surface area contributed by atoms with E-state index < -0.39 is 0 Å². The standard InChI is InChI=1S/C12H21NO4/c1-17-12(16)10-8-11(15)13(9-10)6-4-2-3-5-7-14/h10,14H,2-9H2,1H3. The molecule has 0 saturated carbocycles. The van der Waals surface area contributed by atoms with Gasteiger partial charge in [-0.1, -0.05) is 12.8 Å². The highest BCUT2D eigenvalue weighted by Crippen LogP contribution is 2.19. The number of nitrogens with zero attached hydrogens (tertiary/aromatic N) is 1. The van der Waals surface area contributed by atoms with Crippen LogP contribution in [0.2, 0.25) is 0 Å². The maximum atomic E-state index is 11.6. The van der Waals surface area contributed by atoms with Crippen molar-refractivity contribution in [3.8, 4) is 0 Å². The molecule has 0 aromatic carbocycles. The van der Waals surface area contributed by atoms with Crippen LogP contribution in [0.5, 0.6) is 0 Å². The van der Waals surface area contributed by atoms with Gasteiger partial charge in [0.05, 0.1) is 13.0 Å². The molecule has 17 heavy (non-hydrogen) atoms. The minimum Gasteiger partial charge on any atom is -0.469 e. The molecular weight excluding hydrogens is 222 g/mol. The van der Waals surface area contributed by atoms with Crippen LogP contribution in [0.3, 0.4) is 0 Å². The Balaban J connectivity index is 2.21. The van der Waals surface area contributed by atoms with E-state index in [-0.39, 0.29) is 30.8 Å². The molecule has 5 heteroatoms. The number of aliphatic hydroxyl groups is 1. The molecule has 1 N–H and O–H groups in total. The van der Waals surface area contributed by atoms with Crippen LogP contribution in [0.15, 0.2) is 0 Å². The van der Waals surface area contributed by atoms with Gasteiger partial charge in [-0.2, -0.15) is 0 Å². The summed E-state index contributed by atoms with van der Waals surface area (Å²) in [5.74, 6) is -0.534. The van der Waals surface area contributed by atoms with Gasteiger partial charge in [0.1, 0.15) is 0 Å². The minimum atomic E-state index is -0.291. The summed E-state index contributed by atoms with van der Waals surface area (Å²) in [6, 6.07) is 0. The number of hydrogen-bond donors (Lipinski definition) is 1. The second kappa shape index (κ2) is 7.27. The van der Waals surface area contributed by atoms with Crippen molar-refractivity contribution in [3.05, 3.63) is 0 Å². The van der Waals surface area contributed by atoms with Gasteiger partial charge in [0.25, 0.3) is 0 Å². The predicted octanol–water partition coefficient (Wildman–Crippen LogP) is 0.561. The lowest BCUT2D eigenvalue weighted by atomic mass is 10.1. The number of ether oxygens (including phenoxy) is 1. The lowest BCUT2D eigenvalue weighted by Crippen LogP contribution is -2.27. The molecule has 98 valence electrons. The molecule has 1 aliphatic heterocycles. The molecule has 5 nitrogen and oxygen atoms in total. The minimum absolute atomic E-state index is 0.0440. The van der Waals surface area contributed by atoms with E-state index in [2.05, 4.69) is 4.74 Å². The summed E-state index contributed by atoms with van der Waals surface area (Å²) < 4.78 is 4.64. The van der Waals surface area contributed by atoms with Crippen molar-refractivity contribution in [2.75, 3.05) is 26.8 Å². The number of amides is 1. The van der Waals surface area contributed by atoms with Crippen molar-refractivity contribution in [1.29, 1.82) is 0 Å². The van der Waals surface area contributed by atoms with Gasteiger partial charge in [0, 0.05) is 26.1 Å². The summed E-state index contributed by atoms with van der Waals surface area (Å²) >= 11 is 0. The molecule has 1 fully saturated rings. The summed E-state index contributed by atoms with van der Waals surface area (Å²) in [6.07, 6.45) is 4.02. The predicted molar refractivity (Wildman–Crippen MR) is 62.3 cm³/mol. The van der Waals surface area contributed by atoms with E-state index in [0.717, 1.165) is 25.7 Å². The second-order valence-corrected chi connectivity index (χ2v) is 4.40. The molecule has 0 aromatic heterocycles. The number of hydrogen-bond acceptors (Lipinski definition) is 4. The number of likely N-dealkylation sites (tertiary alicyclic amines) is 1. The Morgan fingerprint density at radius 3 is 2.76 bits per heavy atom. The number of rotatable bonds is 7. The van der Waals surface area contributed by atoms with E-state index in [9.17, 15) is 9.59 Å². The van der Waals surface area contributed by atoms with Crippen LogP contribution in [0.25, 0.3) is 0 Å². The Kier molecular flexibility index (Phi) is 5.97. The lowest BCUT2D eigenvalue weighted by Gasteiger charge is -2.15. The highest BCUT2D eigenvalue weighted by molar-refractivity contribution is 5.86. The first-order valence-corrected chi connectivity index (χ1v) is 6.15. The first kappa shape index (κ1) is 14.0. The maximum absolute atomic E-state index is 11.6. The zero-order chi connectivity index (χ0) is 12.7. The Morgan fingerprint density at radius 2 is 2.12 bits per heavy atom. The van der Waals surface area contributed by atoms with E-state index in [4.69, 9.17) is 5.11 Å². The molecule has 0 spiro atoms. The fraction of sp³-hybridized carbons (Fsp3) is 0.833. The van der Waals surface area contributed by atoms with Gasteiger partial charge in [-0.15, -0.1) is 0 Å². The van der Waals surface area contributed by atoms with Crippen LogP contribution >= 0.6 is 0 Å². The molecule has 1 rings (SSSR count). The van der Waals surface area contributed by atoms with E-state index in [1.807, 2.05) is 0 Å². The molecule has 1 saturated heterocycles. The molecule has 0 aromatic rings. The quantitative estimate of drug-likeness (QED) is 0.524. The fourth-order valence-electron chi connectivity index (χ4n) is 2.08. The Labute approximate surface area is 102 Å². The van der Waals surface area contributed by atoms with Crippen LogP contribution in [0, 0.1) is 5.92 Å². The van der Waals surface area contributed by atoms with Gasteiger partial charge in [0.2, 0.25) is 5.91 Å². The molecule has 1 amide bonds. The van der Waals surface area contributed by atoms with Gasteiger partial charge in [-0.25, -0.2) is 0 Å². The molecule has 1 aliphatic rings. The van der Waals surface area contributed by atoms with Gasteiger partial charge < -0.3 is 14.7 Å². The monoisotopic (exact) mass is 243 g/mol. The van der Waals surface area contributed by atoms with Crippen molar-refractivity contribution in [2.45, 2.75) is 32.1 Å². The summed E-state index contributed by atoms with van der Waals surface area (Å²) in [7, 11) is 1.35. The maximum Gasteiger partial charge on any atom is 0.310 e. The summed E-state index contributed by atoms with van der Waals surface area (Å²) in [4.78, 5) is 24.6. The highest BCUT2D eigenvalue weighted by atomic mass is 16.5. The van der Waals surface area contributed by atoms with Crippen LogP contribution in [-0.4, -0.2) is 48.7 Å². The molecule has 1 unspecified atom stereocenters. The van der Waals surface area contributed by atoms with Crippen molar-refractivity contribution >= 4 is 11.9 Å². The van der Waals surface area contributed by atoms with E-state index in [0.29, 0.717) is 13.1 Å². The van der Waals surface area contributed by atoms with Crippen molar-refractivity contribution in [2.24, 2.45) is 5.92 Å². The average molecular weight is 243 g/mol. The van der Waals surface area contributed by atoms with Crippen molar-refractivity contribution < 1.29 is 19.4 Å². The molecule has 0 bridgehead atoms. The first-order chi connectivity index (χ1) is 8.19. The van der Waals surface area contributed by atoms with E-state index in [1.165, 1.54) is 7.11 Å². The number of aliphatic hydroxyl groups excluding tert-OH is 1. The molecule has 1 atom stereocenters. The normalized spacial score (nSPS) is 19.8. The highest BCUT2D eigenvalue weighted by Gasteiger charge is 2.34. The number of carbonyl (C=O) groups is 2. The zero-order valence-corrected chi connectivity index (χ0v) is 10.4. The molecule has 1 heterocycles. The number of unbranched alkanes of at least 4 members (excludes halogenated alkanes) is 3. The first-order valence-electron chi connectivity index (χ1n) is 6.15. The van der Waals surface area contributed by atoms with Crippen LogP contribution < -0.4 is 0 Å². The Hall–Kier alpha value is -1.10. The summed E-state index contributed by atoms with van der Waals surface area (Å²) in [6.45, 7) is 1.43. The number of methoxy groups -OCH3 is 1. The smallest absolute Gasteiger partial charge is 0.310 e. The van der Waals surface area contributed by atoms with Crippen molar-refractivity contribution in [3.63, 3.8) is 0 Å². The fourth-order valence-corrected chi connectivity index (χ4v) is 2.08. The molecule has 0 radical (unpaired) electrons. The van der Waals surface area contributed by atoms with E-state index >= 15 is 0 Å². The second-order valence-electron chi connectivity index (χ2n) is 4.40. The van der Waals surface area contributed by atoms with Crippen LogP contribution in [0.1, 0.15) is 32.1 Å². The Bertz CT molecular complexity index is 267. The average Bonchev–Trinajstić information content (AvgIpc) is 2.70. The summed E-state index contributed by atoms with van der Waals surface area (Å²) in [5.41, 5.74) is 0. The van der Waals surface area contributed by atoms with Crippen molar-refractivity contribution in [1.82, 2.24) is 4.90 Å². The number of esters is 1. The Morgan fingerprint density at radius 1 is 1.41 bits per heavy atom. The number of carbonyl (C=O) groups excluding carboxylic acids is 2.